The van der Waals surface area contributed by atoms with E-state index in [0.29, 0.717) is 10.6 Å². The molecule has 0 bridgehead atoms. The molecule has 19 heavy (non-hydrogen) atoms. The summed E-state index contributed by atoms with van der Waals surface area (Å²) in [5.41, 5.74) is 7.25. The fourth-order valence-corrected chi connectivity index (χ4v) is 3.39. The molecule has 1 nitrogen and oxygen atoms in total. The average Bonchev–Trinajstić information content (AvgIpc) is 2.39. The highest BCUT2D eigenvalue weighted by Crippen LogP contribution is 2.26. The van der Waals surface area contributed by atoms with Crippen molar-refractivity contribution in [2.24, 2.45) is 0 Å². The highest BCUT2D eigenvalue weighted by molar-refractivity contribution is 8.03. The van der Waals surface area contributed by atoms with Crippen molar-refractivity contribution in [1.29, 1.82) is 0 Å². The molecule has 2 rings (SSSR count). The number of anilines is 1. The Hall–Kier alpha value is -1.13. The van der Waals surface area contributed by atoms with Crippen LogP contribution in [0.4, 0.5) is 10.1 Å². The van der Waals surface area contributed by atoms with Crippen molar-refractivity contribution in [2.45, 2.75) is 16.7 Å². The smallest absolute Gasteiger partial charge is 0.138 e. The van der Waals surface area contributed by atoms with Gasteiger partial charge in [-0.2, -0.15) is 0 Å². The zero-order chi connectivity index (χ0) is 13.7. The molecule has 0 spiro atoms. The molecule has 0 heterocycles. The molecule has 0 aromatic heterocycles. The average molecular weight is 293 g/mol. The molecule has 2 N–H and O–H groups in total. The zero-order valence-corrected chi connectivity index (χ0v) is 12.4. The maximum absolute atomic E-state index is 13.5. The Morgan fingerprint density at radius 3 is 2.37 bits per heavy atom. The molecule has 2 aromatic rings. The zero-order valence-electron chi connectivity index (χ0n) is 10.7. The number of benzene rings is 2. The molecular weight excluding hydrogens is 277 g/mol. The van der Waals surface area contributed by atoms with E-state index in [1.807, 2.05) is 0 Å². The molecule has 0 unspecified atom stereocenters. The summed E-state index contributed by atoms with van der Waals surface area (Å²) in [7, 11) is 0. The van der Waals surface area contributed by atoms with Gasteiger partial charge in [-0.05, 0) is 37.3 Å². The Morgan fingerprint density at radius 1 is 1.00 bits per heavy atom. The topological polar surface area (TPSA) is 26.0 Å². The van der Waals surface area contributed by atoms with E-state index in [-0.39, 0.29) is 5.82 Å². The Bertz CT molecular complexity index is 540. The Balaban J connectivity index is 1.79. The van der Waals surface area contributed by atoms with Crippen LogP contribution in [0, 0.1) is 12.7 Å². The molecule has 0 aliphatic rings. The number of rotatable bonds is 5. The summed E-state index contributed by atoms with van der Waals surface area (Å²) in [6.45, 7) is 2.08. The van der Waals surface area contributed by atoms with Gasteiger partial charge in [-0.3, -0.25) is 0 Å². The van der Waals surface area contributed by atoms with Gasteiger partial charge in [-0.25, -0.2) is 4.39 Å². The summed E-state index contributed by atoms with van der Waals surface area (Å²) in [6.07, 6.45) is 0. The van der Waals surface area contributed by atoms with E-state index in [1.165, 1.54) is 28.3 Å². The van der Waals surface area contributed by atoms with Crippen molar-refractivity contribution in [1.82, 2.24) is 0 Å². The van der Waals surface area contributed by atoms with Crippen molar-refractivity contribution >= 4 is 29.2 Å². The lowest BCUT2D eigenvalue weighted by atomic mass is 10.2. The van der Waals surface area contributed by atoms with Gasteiger partial charge in [-0.1, -0.05) is 17.7 Å². The van der Waals surface area contributed by atoms with Crippen LogP contribution in [0.15, 0.2) is 52.3 Å². The van der Waals surface area contributed by atoms with Crippen molar-refractivity contribution < 1.29 is 4.39 Å². The van der Waals surface area contributed by atoms with Crippen molar-refractivity contribution in [2.75, 3.05) is 17.2 Å². The van der Waals surface area contributed by atoms with Gasteiger partial charge in [0.25, 0.3) is 0 Å². The van der Waals surface area contributed by atoms with Crippen LogP contribution in [-0.4, -0.2) is 11.5 Å². The van der Waals surface area contributed by atoms with Crippen LogP contribution in [0.25, 0.3) is 0 Å². The highest BCUT2D eigenvalue weighted by Gasteiger charge is 2.03. The quantitative estimate of drug-likeness (QED) is 0.495. The third-order valence-electron chi connectivity index (χ3n) is 2.59. The second-order valence-corrected chi connectivity index (χ2v) is 6.50. The summed E-state index contributed by atoms with van der Waals surface area (Å²) in [5, 5.41) is 0. The summed E-state index contributed by atoms with van der Waals surface area (Å²) < 4.78 is 13.5. The monoisotopic (exact) mass is 293 g/mol. The molecule has 0 aliphatic heterocycles. The first-order valence-electron chi connectivity index (χ1n) is 6.02. The number of hydrogen-bond acceptors (Lipinski definition) is 3. The molecule has 0 atom stereocenters. The van der Waals surface area contributed by atoms with E-state index in [1.54, 1.807) is 23.9 Å². The molecule has 2 aromatic carbocycles. The Morgan fingerprint density at radius 2 is 1.68 bits per heavy atom. The lowest BCUT2D eigenvalue weighted by molar-refractivity contribution is 0.603. The number of nitrogen functional groups attached to an aromatic ring is 1. The number of thioether (sulfide) groups is 2. The molecule has 100 valence electrons. The predicted molar refractivity (Wildman–Crippen MR) is 83.4 cm³/mol. The minimum absolute atomic E-state index is 0.231. The van der Waals surface area contributed by atoms with Crippen molar-refractivity contribution in [3.8, 4) is 0 Å². The van der Waals surface area contributed by atoms with Gasteiger partial charge in [0.1, 0.15) is 5.82 Å². The first-order chi connectivity index (χ1) is 9.15. The van der Waals surface area contributed by atoms with E-state index in [2.05, 4.69) is 31.2 Å². The van der Waals surface area contributed by atoms with Crippen LogP contribution >= 0.6 is 23.5 Å². The number of hydrogen-bond donors (Lipinski definition) is 1. The van der Waals surface area contributed by atoms with Crippen molar-refractivity contribution in [3.05, 3.63) is 53.8 Å². The SMILES string of the molecule is Cc1ccc(SCCSc2ccc(N)cc2F)cc1. The number of nitrogens with two attached hydrogens (primary N) is 1. The second kappa shape index (κ2) is 6.87. The van der Waals surface area contributed by atoms with Crippen LogP contribution in [0.5, 0.6) is 0 Å². The molecular formula is C15H16FNS2. The molecule has 0 amide bonds. The fourth-order valence-electron chi connectivity index (χ4n) is 1.58. The summed E-state index contributed by atoms with van der Waals surface area (Å²) in [4.78, 5) is 1.92. The largest absolute Gasteiger partial charge is 0.399 e. The standard InChI is InChI=1S/C15H16FNS2/c1-11-2-5-13(6-3-11)18-8-9-19-15-7-4-12(17)10-14(15)16/h2-7,10H,8-9,17H2,1H3. The summed E-state index contributed by atoms with van der Waals surface area (Å²) in [5.74, 6) is 1.60. The second-order valence-electron chi connectivity index (χ2n) is 4.20. The maximum Gasteiger partial charge on any atom is 0.138 e. The minimum Gasteiger partial charge on any atom is -0.399 e. The van der Waals surface area contributed by atoms with Crippen LogP contribution in [0.2, 0.25) is 0 Å². The number of aryl methyl sites for hydroxylation is 1. The lowest BCUT2D eigenvalue weighted by Crippen LogP contribution is -1.90. The first-order valence-corrected chi connectivity index (χ1v) is 7.99. The van der Waals surface area contributed by atoms with Crippen LogP contribution in [0.3, 0.4) is 0 Å². The predicted octanol–water partition coefficient (Wildman–Crippen LogP) is 4.60. The van der Waals surface area contributed by atoms with Gasteiger partial charge < -0.3 is 5.73 Å². The molecule has 0 saturated heterocycles. The van der Waals surface area contributed by atoms with Gasteiger partial charge in [0, 0.05) is 27.0 Å². The van der Waals surface area contributed by atoms with Gasteiger partial charge in [0.05, 0.1) is 0 Å². The van der Waals surface area contributed by atoms with Gasteiger partial charge in [-0.15, -0.1) is 23.5 Å². The molecule has 0 fully saturated rings. The number of halogens is 1. The van der Waals surface area contributed by atoms with Crippen LogP contribution in [0.1, 0.15) is 5.56 Å². The lowest BCUT2D eigenvalue weighted by Gasteiger charge is -2.04. The first kappa shape index (κ1) is 14.3. The summed E-state index contributed by atoms with van der Waals surface area (Å²) >= 11 is 3.32. The fraction of sp³-hybridized carbons (Fsp3) is 0.200. The van der Waals surface area contributed by atoms with Gasteiger partial charge >= 0.3 is 0 Å². The van der Waals surface area contributed by atoms with E-state index in [9.17, 15) is 4.39 Å². The van der Waals surface area contributed by atoms with E-state index in [0.717, 1.165) is 11.5 Å². The van der Waals surface area contributed by atoms with Crippen LogP contribution in [-0.2, 0) is 0 Å². The highest BCUT2D eigenvalue weighted by atomic mass is 32.2. The van der Waals surface area contributed by atoms with E-state index < -0.39 is 0 Å². The van der Waals surface area contributed by atoms with E-state index >= 15 is 0 Å². The molecule has 0 aliphatic carbocycles. The third-order valence-corrected chi connectivity index (χ3v) is 4.91. The van der Waals surface area contributed by atoms with E-state index in [4.69, 9.17) is 5.73 Å². The minimum atomic E-state index is -0.231. The van der Waals surface area contributed by atoms with Crippen molar-refractivity contribution in [3.63, 3.8) is 0 Å². The Labute approximate surface area is 121 Å². The van der Waals surface area contributed by atoms with Gasteiger partial charge in [0.15, 0.2) is 0 Å². The maximum atomic E-state index is 13.5. The third kappa shape index (κ3) is 4.48. The molecule has 4 heteroatoms. The molecule has 0 saturated carbocycles. The van der Waals surface area contributed by atoms with Gasteiger partial charge in [0.2, 0.25) is 0 Å². The summed E-state index contributed by atoms with van der Waals surface area (Å²) in [6, 6.07) is 13.3. The Kier molecular flexibility index (Phi) is 5.16. The molecule has 0 radical (unpaired) electrons. The normalized spacial score (nSPS) is 10.6. The van der Waals surface area contributed by atoms with Crippen LogP contribution < -0.4 is 5.73 Å².